The lowest BCUT2D eigenvalue weighted by atomic mass is 10.2. The van der Waals surface area contributed by atoms with E-state index in [0.717, 1.165) is 17.7 Å². The predicted octanol–water partition coefficient (Wildman–Crippen LogP) is 1.28. The number of nitrogens with zero attached hydrogens (tertiary/aromatic N) is 1. The number of anilines is 1. The molecule has 2 aliphatic rings. The summed E-state index contributed by atoms with van der Waals surface area (Å²) in [7, 11) is 0. The van der Waals surface area contributed by atoms with E-state index < -0.39 is 11.9 Å². The second-order valence-electron chi connectivity index (χ2n) is 6.34. The van der Waals surface area contributed by atoms with Gasteiger partial charge >= 0.3 is 5.97 Å². The SMILES string of the molecule is O=C(CNC(=O)c1ccc2c(c1)OCO2)OCC(=O)N1CCc2ccccc21. The van der Waals surface area contributed by atoms with Crippen LogP contribution in [0, 0.1) is 0 Å². The van der Waals surface area contributed by atoms with Gasteiger partial charge in [0.25, 0.3) is 11.8 Å². The van der Waals surface area contributed by atoms with Gasteiger partial charge in [-0.1, -0.05) is 18.2 Å². The van der Waals surface area contributed by atoms with Gasteiger partial charge in [-0.3, -0.25) is 14.4 Å². The van der Waals surface area contributed by atoms with Crippen LogP contribution in [-0.4, -0.2) is 44.3 Å². The minimum absolute atomic E-state index is 0.113. The number of para-hydroxylation sites is 1. The molecule has 0 spiro atoms. The van der Waals surface area contributed by atoms with Crippen molar-refractivity contribution >= 4 is 23.5 Å². The van der Waals surface area contributed by atoms with Crippen LogP contribution in [0.2, 0.25) is 0 Å². The Morgan fingerprint density at radius 3 is 2.79 bits per heavy atom. The number of fused-ring (bicyclic) bond motifs is 2. The number of rotatable bonds is 5. The molecule has 2 aromatic carbocycles. The zero-order valence-electron chi connectivity index (χ0n) is 15.0. The van der Waals surface area contributed by atoms with E-state index in [4.69, 9.17) is 14.2 Å². The largest absolute Gasteiger partial charge is 0.454 e. The first-order valence-electron chi connectivity index (χ1n) is 8.83. The van der Waals surface area contributed by atoms with Gasteiger partial charge in [-0.2, -0.15) is 0 Å². The van der Waals surface area contributed by atoms with Crippen molar-refractivity contribution in [2.45, 2.75) is 6.42 Å². The fourth-order valence-corrected chi connectivity index (χ4v) is 3.16. The Morgan fingerprint density at radius 2 is 1.89 bits per heavy atom. The van der Waals surface area contributed by atoms with Gasteiger partial charge in [0.05, 0.1) is 0 Å². The zero-order valence-corrected chi connectivity index (χ0v) is 15.0. The van der Waals surface area contributed by atoms with Crippen molar-refractivity contribution in [3.63, 3.8) is 0 Å². The lowest BCUT2D eigenvalue weighted by Gasteiger charge is -2.17. The number of carbonyl (C=O) groups is 3. The van der Waals surface area contributed by atoms with Gasteiger partial charge in [-0.05, 0) is 36.2 Å². The van der Waals surface area contributed by atoms with Gasteiger partial charge in [-0.25, -0.2) is 0 Å². The maximum absolute atomic E-state index is 12.3. The molecule has 0 saturated carbocycles. The maximum atomic E-state index is 12.3. The van der Waals surface area contributed by atoms with E-state index in [1.54, 1.807) is 17.0 Å². The van der Waals surface area contributed by atoms with Crippen LogP contribution in [0.3, 0.4) is 0 Å². The molecule has 2 aromatic rings. The highest BCUT2D eigenvalue weighted by atomic mass is 16.7. The molecule has 0 atom stereocenters. The number of esters is 1. The lowest BCUT2D eigenvalue weighted by Crippen LogP contribution is -2.35. The van der Waals surface area contributed by atoms with Crippen LogP contribution in [0.25, 0.3) is 0 Å². The number of ether oxygens (including phenoxy) is 3. The molecule has 1 N–H and O–H groups in total. The van der Waals surface area contributed by atoms with E-state index >= 15 is 0 Å². The molecule has 28 heavy (non-hydrogen) atoms. The molecule has 8 nitrogen and oxygen atoms in total. The molecule has 0 aromatic heterocycles. The Labute approximate surface area is 161 Å². The van der Waals surface area contributed by atoms with Gasteiger partial charge < -0.3 is 24.4 Å². The standard InChI is InChI=1S/C20H18N2O6/c23-18(22-8-7-13-3-1-2-4-15(13)22)11-26-19(24)10-21-20(25)14-5-6-16-17(9-14)28-12-27-16/h1-6,9H,7-8,10-12H2,(H,21,25). The van der Waals surface area contributed by atoms with E-state index in [1.807, 2.05) is 24.3 Å². The summed E-state index contributed by atoms with van der Waals surface area (Å²) in [5, 5.41) is 2.46. The van der Waals surface area contributed by atoms with Crippen LogP contribution < -0.4 is 19.7 Å². The monoisotopic (exact) mass is 382 g/mol. The summed E-state index contributed by atoms with van der Waals surface area (Å²) in [4.78, 5) is 37.9. The topological polar surface area (TPSA) is 94.2 Å². The first-order chi connectivity index (χ1) is 13.6. The molecule has 0 radical (unpaired) electrons. The second-order valence-corrected chi connectivity index (χ2v) is 6.34. The number of hydrogen-bond acceptors (Lipinski definition) is 6. The molecule has 4 rings (SSSR count). The summed E-state index contributed by atoms with van der Waals surface area (Å²) < 4.78 is 15.4. The third kappa shape index (κ3) is 3.62. The van der Waals surface area contributed by atoms with Gasteiger partial charge in [-0.15, -0.1) is 0 Å². The molecule has 2 heterocycles. The average molecular weight is 382 g/mol. The first-order valence-corrected chi connectivity index (χ1v) is 8.83. The Morgan fingerprint density at radius 1 is 1.07 bits per heavy atom. The molecule has 0 bridgehead atoms. The molecule has 0 fully saturated rings. The molecule has 8 heteroatoms. The van der Waals surface area contributed by atoms with Crippen LogP contribution in [-0.2, 0) is 20.7 Å². The number of carbonyl (C=O) groups excluding carboxylic acids is 3. The quantitative estimate of drug-likeness (QED) is 0.783. The highest BCUT2D eigenvalue weighted by Crippen LogP contribution is 2.32. The average Bonchev–Trinajstić information content (AvgIpc) is 3.36. The van der Waals surface area contributed by atoms with Crippen LogP contribution in [0.15, 0.2) is 42.5 Å². The van der Waals surface area contributed by atoms with Crippen molar-refractivity contribution in [3.8, 4) is 11.5 Å². The predicted molar refractivity (Wildman–Crippen MR) is 98.4 cm³/mol. The van der Waals surface area contributed by atoms with E-state index in [1.165, 1.54) is 6.07 Å². The molecule has 0 aliphatic carbocycles. The summed E-state index contributed by atoms with van der Waals surface area (Å²) >= 11 is 0. The first kappa shape index (κ1) is 17.8. The van der Waals surface area contributed by atoms with E-state index in [-0.39, 0.29) is 25.9 Å². The number of nitrogens with one attached hydrogen (secondary N) is 1. The van der Waals surface area contributed by atoms with Crippen LogP contribution >= 0.6 is 0 Å². The second kappa shape index (κ2) is 7.59. The fourth-order valence-electron chi connectivity index (χ4n) is 3.16. The zero-order chi connectivity index (χ0) is 19.5. The summed E-state index contributed by atoms with van der Waals surface area (Å²) in [6.45, 7) is -0.0248. The van der Waals surface area contributed by atoms with E-state index in [2.05, 4.69) is 5.32 Å². The van der Waals surface area contributed by atoms with Crippen molar-refractivity contribution in [2.75, 3.05) is 31.4 Å². The molecule has 0 unspecified atom stereocenters. The third-order valence-electron chi connectivity index (χ3n) is 4.57. The summed E-state index contributed by atoms with van der Waals surface area (Å²) in [5.74, 6) is -0.380. The van der Waals surface area contributed by atoms with E-state index in [9.17, 15) is 14.4 Å². The van der Waals surface area contributed by atoms with Gasteiger partial charge in [0, 0.05) is 17.8 Å². The summed E-state index contributed by atoms with van der Waals surface area (Å²) in [6, 6.07) is 12.4. The Bertz CT molecular complexity index is 942. The van der Waals surface area contributed by atoms with Crippen molar-refractivity contribution in [1.82, 2.24) is 5.32 Å². The van der Waals surface area contributed by atoms with Crippen molar-refractivity contribution in [2.24, 2.45) is 0 Å². The fraction of sp³-hybridized carbons (Fsp3) is 0.250. The van der Waals surface area contributed by atoms with E-state index in [0.29, 0.717) is 23.6 Å². The number of hydrogen-bond donors (Lipinski definition) is 1. The number of amides is 2. The van der Waals surface area contributed by atoms with Crippen LogP contribution in [0.5, 0.6) is 11.5 Å². The maximum Gasteiger partial charge on any atom is 0.325 e. The van der Waals surface area contributed by atoms with Crippen LogP contribution in [0.1, 0.15) is 15.9 Å². The minimum Gasteiger partial charge on any atom is -0.454 e. The minimum atomic E-state index is -0.685. The summed E-state index contributed by atoms with van der Waals surface area (Å²) in [6.07, 6.45) is 0.779. The molecular formula is C20H18N2O6. The molecule has 144 valence electrons. The van der Waals surface area contributed by atoms with Gasteiger partial charge in [0.15, 0.2) is 18.1 Å². The molecular weight excluding hydrogens is 364 g/mol. The van der Waals surface area contributed by atoms with Crippen molar-refractivity contribution in [1.29, 1.82) is 0 Å². The van der Waals surface area contributed by atoms with Crippen LogP contribution in [0.4, 0.5) is 5.69 Å². The van der Waals surface area contributed by atoms with Crippen molar-refractivity contribution in [3.05, 3.63) is 53.6 Å². The van der Waals surface area contributed by atoms with Crippen molar-refractivity contribution < 1.29 is 28.6 Å². The summed E-state index contributed by atoms with van der Waals surface area (Å²) in [5.41, 5.74) is 2.28. The lowest BCUT2D eigenvalue weighted by molar-refractivity contribution is -0.146. The molecule has 0 saturated heterocycles. The highest BCUT2D eigenvalue weighted by molar-refractivity contribution is 5.98. The number of benzene rings is 2. The van der Waals surface area contributed by atoms with Gasteiger partial charge in [0.2, 0.25) is 6.79 Å². The normalized spacial score (nSPS) is 13.8. The Balaban J connectivity index is 1.25. The highest BCUT2D eigenvalue weighted by Gasteiger charge is 2.25. The van der Waals surface area contributed by atoms with Gasteiger partial charge in [0.1, 0.15) is 6.54 Å². The smallest absolute Gasteiger partial charge is 0.325 e. The third-order valence-corrected chi connectivity index (χ3v) is 4.57. The molecule has 2 aliphatic heterocycles. The Hall–Kier alpha value is -3.55. The Kier molecular flexibility index (Phi) is 4.84. The molecule has 2 amide bonds.